The van der Waals surface area contributed by atoms with Crippen molar-refractivity contribution in [1.29, 1.82) is 0 Å². The highest BCUT2D eigenvalue weighted by Crippen LogP contribution is 2.31. The number of fused-ring (bicyclic) bond motifs is 4. The molecule has 0 saturated carbocycles. The maximum Gasteiger partial charge on any atom is 0.256 e. The van der Waals surface area contributed by atoms with E-state index in [1.165, 1.54) is 0 Å². The van der Waals surface area contributed by atoms with E-state index in [9.17, 15) is 4.79 Å². The molecule has 0 radical (unpaired) electrons. The van der Waals surface area contributed by atoms with Crippen LogP contribution in [-0.4, -0.2) is 20.7 Å². The summed E-state index contributed by atoms with van der Waals surface area (Å²) in [6, 6.07) is 15.4. The molecule has 0 aliphatic heterocycles. The molecule has 3 aromatic heterocycles. The van der Waals surface area contributed by atoms with Crippen molar-refractivity contribution in [3.05, 3.63) is 65.5 Å². The molecular weight excluding hydrogens is 352 g/mol. The zero-order valence-corrected chi connectivity index (χ0v) is 15.8. The maximum absolute atomic E-state index is 13.1. The molecule has 6 heteroatoms. The molecule has 0 spiro atoms. The first kappa shape index (κ1) is 16.5. The number of carbonyl (C=O) groups is 1. The first-order chi connectivity index (χ1) is 13.5. The standard InChI is InChI=1S/C22H18N4O2/c1-12-10-17(20-13(2)25-26(3)21(20)23-12)22(27)24-14-8-9-19-16(11-14)15-6-4-5-7-18(15)28-19/h4-11H,1-3H3,(H,24,27). The van der Waals surface area contributed by atoms with Crippen molar-refractivity contribution in [1.82, 2.24) is 14.8 Å². The summed E-state index contributed by atoms with van der Waals surface area (Å²) in [7, 11) is 1.83. The number of rotatable bonds is 2. The normalized spacial score (nSPS) is 11.5. The Bertz CT molecular complexity index is 1390. The number of furan rings is 1. The van der Waals surface area contributed by atoms with Crippen LogP contribution >= 0.6 is 0 Å². The number of anilines is 1. The van der Waals surface area contributed by atoms with E-state index in [2.05, 4.69) is 15.4 Å². The van der Waals surface area contributed by atoms with Crippen LogP contribution in [0.15, 0.2) is 52.9 Å². The monoisotopic (exact) mass is 370 g/mol. The first-order valence-corrected chi connectivity index (χ1v) is 9.05. The molecule has 5 aromatic rings. The van der Waals surface area contributed by atoms with Gasteiger partial charge in [-0.05, 0) is 44.2 Å². The van der Waals surface area contributed by atoms with Gasteiger partial charge in [-0.3, -0.25) is 9.48 Å². The van der Waals surface area contributed by atoms with Crippen LogP contribution in [-0.2, 0) is 7.05 Å². The Morgan fingerprint density at radius 2 is 1.82 bits per heavy atom. The summed E-state index contributed by atoms with van der Waals surface area (Å²) in [4.78, 5) is 17.6. The first-order valence-electron chi connectivity index (χ1n) is 9.05. The lowest BCUT2D eigenvalue weighted by Gasteiger charge is -2.08. The number of pyridine rings is 1. The number of benzene rings is 2. The number of aryl methyl sites for hydroxylation is 3. The fraction of sp³-hybridized carbons (Fsp3) is 0.136. The second-order valence-electron chi connectivity index (χ2n) is 6.98. The summed E-state index contributed by atoms with van der Waals surface area (Å²) in [5.74, 6) is -0.182. The van der Waals surface area contributed by atoms with Gasteiger partial charge in [-0.1, -0.05) is 18.2 Å². The lowest BCUT2D eigenvalue weighted by molar-refractivity contribution is 0.102. The summed E-state index contributed by atoms with van der Waals surface area (Å²) < 4.78 is 7.56. The van der Waals surface area contributed by atoms with Crippen molar-refractivity contribution in [2.75, 3.05) is 5.32 Å². The fourth-order valence-electron chi connectivity index (χ4n) is 3.75. The summed E-state index contributed by atoms with van der Waals surface area (Å²) in [5, 5.41) is 10.2. The molecule has 0 bridgehead atoms. The van der Waals surface area contributed by atoms with Crippen molar-refractivity contribution in [2.24, 2.45) is 7.05 Å². The number of hydrogen-bond donors (Lipinski definition) is 1. The van der Waals surface area contributed by atoms with E-state index in [4.69, 9.17) is 4.42 Å². The minimum atomic E-state index is -0.182. The quantitative estimate of drug-likeness (QED) is 0.487. The smallest absolute Gasteiger partial charge is 0.256 e. The van der Waals surface area contributed by atoms with Gasteiger partial charge in [0.05, 0.1) is 16.6 Å². The van der Waals surface area contributed by atoms with Crippen LogP contribution in [0.5, 0.6) is 0 Å². The zero-order valence-electron chi connectivity index (χ0n) is 15.8. The molecule has 138 valence electrons. The third-order valence-corrected chi connectivity index (χ3v) is 4.98. The minimum Gasteiger partial charge on any atom is -0.456 e. The molecular formula is C22H18N4O2. The molecule has 0 saturated heterocycles. The number of carbonyl (C=O) groups excluding carboxylic acids is 1. The number of nitrogens with zero attached hydrogens (tertiary/aromatic N) is 3. The molecule has 0 aliphatic rings. The predicted molar refractivity (Wildman–Crippen MR) is 110 cm³/mol. The maximum atomic E-state index is 13.1. The van der Waals surface area contributed by atoms with E-state index in [1.807, 2.05) is 63.4 Å². The molecule has 6 nitrogen and oxygen atoms in total. The fourth-order valence-corrected chi connectivity index (χ4v) is 3.75. The predicted octanol–water partition coefficient (Wildman–Crippen LogP) is 4.74. The van der Waals surface area contributed by atoms with Gasteiger partial charge in [0, 0.05) is 29.2 Å². The molecule has 0 aliphatic carbocycles. The Kier molecular flexibility index (Phi) is 3.49. The van der Waals surface area contributed by atoms with Crippen LogP contribution < -0.4 is 5.32 Å². The summed E-state index contributed by atoms with van der Waals surface area (Å²) >= 11 is 0. The van der Waals surface area contributed by atoms with Crippen LogP contribution in [0.25, 0.3) is 33.0 Å². The van der Waals surface area contributed by atoms with Crippen molar-refractivity contribution in [3.63, 3.8) is 0 Å². The van der Waals surface area contributed by atoms with Crippen molar-refractivity contribution in [3.8, 4) is 0 Å². The van der Waals surface area contributed by atoms with Gasteiger partial charge in [0.25, 0.3) is 5.91 Å². The van der Waals surface area contributed by atoms with E-state index in [1.54, 1.807) is 10.7 Å². The molecule has 0 atom stereocenters. The van der Waals surface area contributed by atoms with E-state index in [0.29, 0.717) is 16.9 Å². The van der Waals surface area contributed by atoms with Crippen molar-refractivity contribution >= 4 is 44.6 Å². The van der Waals surface area contributed by atoms with Crippen LogP contribution in [0.4, 0.5) is 5.69 Å². The Balaban J connectivity index is 1.59. The SMILES string of the molecule is Cc1cc(C(=O)Nc2ccc3oc4ccccc4c3c2)c2c(C)nn(C)c2n1. The highest BCUT2D eigenvalue weighted by atomic mass is 16.3. The lowest BCUT2D eigenvalue weighted by Crippen LogP contribution is -2.13. The second kappa shape index (κ2) is 5.92. The highest BCUT2D eigenvalue weighted by Gasteiger charge is 2.18. The topological polar surface area (TPSA) is 73.0 Å². The van der Waals surface area contributed by atoms with E-state index < -0.39 is 0 Å². The summed E-state index contributed by atoms with van der Waals surface area (Å²) in [6.45, 7) is 3.77. The molecule has 1 N–H and O–H groups in total. The van der Waals surface area contributed by atoms with Gasteiger partial charge in [-0.15, -0.1) is 0 Å². The van der Waals surface area contributed by atoms with Gasteiger partial charge in [0.2, 0.25) is 0 Å². The third kappa shape index (κ3) is 2.45. The van der Waals surface area contributed by atoms with Gasteiger partial charge in [-0.2, -0.15) is 5.10 Å². The van der Waals surface area contributed by atoms with Gasteiger partial charge in [0.1, 0.15) is 11.2 Å². The van der Waals surface area contributed by atoms with Crippen LogP contribution in [0, 0.1) is 13.8 Å². The van der Waals surface area contributed by atoms with Gasteiger partial charge >= 0.3 is 0 Å². The van der Waals surface area contributed by atoms with Crippen LogP contribution in [0.2, 0.25) is 0 Å². The molecule has 2 aromatic carbocycles. The number of amides is 1. The largest absolute Gasteiger partial charge is 0.456 e. The van der Waals surface area contributed by atoms with E-state index in [0.717, 1.165) is 38.7 Å². The lowest BCUT2D eigenvalue weighted by atomic mass is 10.1. The number of hydrogen-bond acceptors (Lipinski definition) is 4. The number of nitrogens with one attached hydrogen (secondary N) is 1. The summed E-state index contributed by atoms with van der Waals surface area (Å²) in [5.41, 5.74) is 5.18. The molecule has 3 heterocycles. The van der Waals surface area contributed by atoms with Crippen molar-refractivity contribution < 1.29 is 9.21 Å². The summed E-state index contributed by atoms with van der Waals surface area (Å²) in [6.07, 6.45) is 0. The van der Waals surface area contributed by atoms with E-state index in [-0.39, 0.29) is 5.91 Å². The molecule has 28 heavy (non-hydrogen) atoms. The second-order valence-corrected chi connectivity index (χ2v) is 6.98. The average molecular weight is 370 g/mol. The van der Waals surface area contributed by atoms with E-state index >= 15 is 0 Å². The zero-order chi connectivity index (χ0) is 19.4. The number of aromatic nitrogens is 3. The van der Waals surface area contributed by atoms with Crippen LogP contribution in [0.3, 0.4) is 0 Å². The van der Waals surface area contributed by atoms with Gasteiger partial charge < -0.3 is 9.73 Å². The Morgan fingerprint density at radius 3 is 2.68 bits per heavy atom. The Labute approximate surface area is 160 Å². The molecule has 0 fully saturated rings. The molecule has 0 unspecified atom stereocenters. The molecule has 1 amide bonds. The Hall–Kier alpha value is -3.67. The minimum absolute atomic E-state index is 0.182. The third-order valence-electron chi connectivity index (χ3n) is 4.98. The molecule has 5 rings (SSSR count). The van der Waals surface area contributed by atoms with Gasteiger partial charge in [-0.25, -0.2) is 4.98 Å². The van der Waals surface area contributed by atoms with Gasteiger partial charge in [0.15, 0.2) is 5.65 Å². The highest BCUT2D eigenvalue weighted by molar-refractivity contribution is 6.14. The van der Waals surface area contributed by atoms with Crippen molar-refractivity contribution in [2.45, 2.75) is 13.8 Å². The Morgan fingerprint density at radius 1 is 1.04 bits per heavy atom. The van der Waals surface area contributed by atoms with Crippen LogP contribution in [0.1, 0.15) is 21.7 Å². The number of para-hydroxylation sites is 1. The average Bonchev–Trinajstić information content (AvgIpc) is 3.18.